The van der Waals surface area contributed by atoms with Crippen LogP contribution in [0.3, 0.4) is 0 Å². The van der Waals surface area contributed by atoms with Gasteiger partial charge in [-0.15, -0.1) is 11.3 Å². The second-order valence-corrected chi connectivity index (χ2v) is 7.50. The summed E-state index contributed by atoms with van der Waals surface area (Å²) in [6, 6.07) is 9.78. The quantitative estimate of drug-likeness (QED) is 0.754. The van der Waals surface area contributed by atoms with Crippen molar-refractivity contribution in [1.29, 1.82) is 5.26 Å². The van der Waals surface area contributed by atoms with Gasteiger partial charge in [-0.25, -0.2) is 4.79 Å². The summed E-state index contributed by atoms with van der Waals surface area (Å²) in [5.41, 5.74) is 7.60. The number of hydrogen-bond acceptors (Lipinski definition) is 6. The minimum Gasteiger partial charge on any atom is -0.462 e. The first-order valence-corrected chi connectivity index (χ1v) is 9.22. The van der Waals surface area contributed by atoms with E-state index in [9.17, 15) is 10.1 Å². The number of aryl methyl sites for hydroxylation is 1. The summed E-state index contributed by atoms with van der Waals surface area (Å²) in [5, 5.41) is 9.61. The fourth-order valence-corrected chi connectivity index (χ4v) is 4.56. The lowest BCUT2D eigenvalue weighted by Crippen LogP contribution is -2.21. The maximum Gasteiger partial charge on any atom is 0.343 e. The van der Waals surface area contributed by atoms with E-state index < -0.39 is 11.9 Å². The number of nitrogens with two attached hydrogens (primary N) is 1. The third kappa shape index (κ3) is 2.92. The van der Waals surface area contributed by atoms with E-state index in [1.165, 1.54) is 11.3 Å². The Morgan fingerprint density at radius 1 is 1.48 bits per heavy atom. The average molecular weight is 419 g/mol. The first-order chi connectivity index (χ1) is 12.0. The number of thiophene rings is 1. The molecule has 0 bridgehead atoms. The SMILES string of the molecule is CCOC(=O)c1c(C)sc2c1OC(N)=C(C#N)C2c1ccccc1Br. The van der Waals surface area contributed by atoms with Gasteiger partial charge in [0, 0.05) is 9.35 Å². The standard InChI is InChI=1S/C18H15BrN2O3S/c1-3-23-18(22)13-9(2)25-16-14(10-6-4-5-7-12(10)19)11(8-20)17(21)24-15(13)16/h4-7,14H,3,21H2,1-2H3. The molecule has 1 aliphatic heterocycles. The Labute approximate surface area is 157 Å². The number of esters is 1. The number of hydrogen-bond donors (Lipinski definition) is 1. The Balaban J connectivity index is 2.24. The number of benzene rings is 1. The monoisotopic (exact) mass is 418 g/mol. The number of fused-ring (bicyclic) bond motifs is 1. The molecule has 1 atom stereocenters. The zero-order valence-corrected chi connectivity index (χ0v) is 16.0. The van der Waals surface area contributed by atoms with Gasteiger partial charge in [-0.3, -0.25) is 0 Å². The van der Waals surface area contributed by atoms with E-state index in [1.807, 2.05) is 31.2 Å². The molecule has 2 N–H and O–H groups in total. The molecule has 1 aromatic carbocycles. The topological polar surface area (TPSA) is 85.3 Å². The van der Waals surface area contributed by atoms with Crippen molar-refractivity contribution in [1.82, 2.24) is 0 Å². The molecule has 1 aliphatic rings. The van der Waals surface area contributed by atoms with Gasteiger partial charge in [0.05, 0.1) is 17.4 Å². The van der Waals surface area contributed by atoms with Gasteiger partial charge in [-0.1, -0.05) is 34.1 Å². The zero-order chi connectivity index (χ0) is 18.1. The van der Waals surface area contributed by atoms with Crippen molar-refractivity contribution in [2.24, 2.45) is 5.73 Å². The average Bonchev–Trinajstić information content (AvgIpc) is 2.90. The fraction of sp³-hybridized carbons (Fsp3) is 0.222. The Morgan fingerprint density at radius 3 is 2.84 bits per heavy atom. The highest BCUT2D eigenvalue weighted by Gasteiger charge is 2.37. The van der Waals surface area contributed by atoms with Crippen molar-refractivity contribution in [3.8, 4) is 11.8 Å². The Hall–Kier alpha value is -2.30. The van der Waals surface area contributed by atoms with E-state index in [1.54, 1.807) is 6.92 Å². The highest BCUT2D eigenvalue weighted by atomic mass is 79.9. The molecule has 2 aromatic rings. The molecule has 3 rings (SSSR count). The molecule has 0 aliphatic carbocycles. The van der Waals surface area contributed by atoms with Crippen LogP contribution in [0.25, 0.3) is 0 Å². The third-order valence-corrected chi connectivity index (χ3v) is 5.78. The van der Waals surface area contributed by atoms with Crippen molar-refractivity contribution < 1.29 is 14.3 Å². The van der Waals surface area contributed by atoms with Crippen LogP contribution in [0.2, 0.25) is 0 Å². The van der Waals surface area contributed by atoms with Gasteiger partial charge in [-0.2, -0.15) is 5.26 Å². The Kier molecular flexibility index (Phi) is 4.84. The van der Waals surface area contributed by atoms with Crippen molar-refractivity contribution >= 4 is 33.2 Å². The summed E-state index contributed by atoms with van der Waals surface area (Å²) in [7, 11) is 0. The largest absolute Gasteiger partial charge is 0.462 e. The summed E-state index contributed by atoms with van der Waals surface area (Å²) in [6.45, 7) is 3.85. The van der Waals surface area contributed by atoms with E-state index in [0.29, 0.717) is 16.9 Å². The molecule has 7 heteroatoms. The smallest absolute Gasteiger partial charge is 0.343 e. The van der Waals surface area contributed by atoms with Gasteiger partial charge >= 0.3 is 5.97 Å². The number of nitriles is 1. The predicted molar refractivity (Wildman–Crippen MR) is 98.5 cm³/mol. The van der Waals surface area contributed by atoms with E-state index >= 15 is 0 Å². The minimum absolute atomic E-state index is 0.0131. The first kappa shape index (κ1) is 17.5. The van der Waals surface area contributed by atoms with Crippen molar-refractivity contribution in [2.45, 2.75) is 19.8 Å². The normalized spacial score (nSPS) is 16.0. The molecule has 0 saturated heterocycles. The van der Waals surface area contributed by atoms with Gasteiger partial charge in [0.25, 0.3) is 0 Å². The van der Waals surface area contributed by atoms with E-state index in [-0.39, 0.29) is 12.5 Å². The number of ether oxygens (including phenoxy) is 2. The van der Waals surface area contributed by atoms with Crippen LogP contribution in [0, 0.1) is 18.3 Å². The summed E-state index contributed by atoms with van der Waals surface area (Å²) >= 11 is 4.96. The van der Waals surface area contributed by atoms with Gasteiger partial charge < -0.3 is 15.2 Å². The number of carbonyl (C=O) groups excluding carboxylic acids is 1. The van der Waals surface area contributed by atoms with Crippen LogP contribution in [-0.2, 0) is 4.74 Å². The number of rotatable bonds is 3. The van der Waals surface area contributed by atoms with Crippen LogP contribution in [0.4, 0.5) is 0 Å². The third-order valence-electron chi connectivity index (χ3n) is 3.91. The molecule has 0 fully saturated rings. The number of allylic oxidation sites excluding steroid dienone is 1. The van der Waals surface area contributed by atoms with E-state index in [4.69, 9.17) is 15.2 Å². The maximum absolute atomic E-state index is 12.3. The molecule has 128 valence electrons. The van der Waals surface area contributed by atoms with Crippen LogP contribution >= 0.6 is 27.3 Å². The molecule has 0 saturated carbocycles. The number of carbonyl (C=O) groups is 1. The van der Waals surface area contributed by atoms with Crippen molar-refractivity contribution in [2.75, 3.05) is 6.61 Å². The molecular formula is C18H15BrN2O3S. The van der Waals surface area contributed by atoms with Crippen LogP contribution in [0.15, 0.2) is 40.2 Å². The molecular weight excluding hydrogens is 404 g/mol. The minimum atomic E-state index is -0.448. The van der Waals surface area contributed by atoms with Crippen LogP contribution in [0.1, 0.15) is 38.5 Å². The lowest BCUT2D eigenvalue weighted by atomic mass is 9.88. The zero-order valence-electron chi connectivity index (χ0n) is 13.6. The van der Waals surface area contributed by atoms with E-state index in [0.717, 1.165) is 19.8 Å². The Morgan fingerprint density at radius 2 is 2.20 bits per heavy atom. The van der Waals surface area contributed by atoms with E-state index in [2.05, 4.69) is 22.0 Å². The molecule has 25 heavy (non-hydrogen) atoms. The summed E-state index contributed by atoms with van der Waals surface area (Å²) in [4.78, 5) is 13.9. The summed E-state index contributed by atoms with van der Waals surface area (Å²) in [5.74, 6) is -0.440. The van der Waals surface area contributed by atoms with Crippen molar-refractivity contribution in [3.05, 3.63) is 61.1 Å². The van der Waals surface area contributed by atoms with Gasteiger partial charge in [0.1, 0.15) is 17.2 Å². The summed E-state index contributed by atoms with van der Waals surface area (Å²) in [6.07, 6.45) is 0. The molecule has 5 nitrogen and oxygen atoms in total. The number of halogens is 1. The summed E-state index contributed by atoms with van der Waals surface area (Å²) < 4.78 is 11.7. The predicted octanol–water partition coefficient (Wildman–Crippen LogP) is 4.21. The highest BCUT2D eigenvalue weighted by Crippen LogP contribution is 2.50. The first-order valence-electron chi connectivity index (χ1n) is 7.62. The molecule has 1 aromatic heterocycles. The lowest BCUT2D eigenvalue weighted by molar-refractivity contribution is 0.0522. The fourth-order valence-electron chi connectivity index (χ4n) is 2.84. The van der Waals surface area contributed by atoms with Crippen molar-refractivity contribution in [3.63, 3.8) is 0 Å². The number of nitrogens with zero attached hydrogens (tertiary/aromatic N) is 1. The van der Waals surface area contributed by atoms with Crippen LogP contribution in [0.5, 0.6) is 5.75 Å². The van der Waals surface area contributed by atoms with Crippen LogP contribution < -0.4 is 10.5 Å². The molecule has 0 radical (unpaired) electrons. The molecule has 1 unspecified atom stereocenters. The van der Waals surface area contributed by atoms with Gasteiger partial charge in [0.2, 0.25) is 5.88 Å². The maximum atomic E-state index is 12.3. The van der Waals surface area contributed by atoms with Crippen LogP contribution in [-0.4, -0.2) is 12.6 Å². The van der Waals surface area contributed by atoms with Gasteiger partial charge in [0.15, 0.2) is 5.75 Å². The Bertz CT molecular complexity index is 927. The highest BCUT2D eigenvalue weighted by molar-refractivity contribution is 9.10. The second kappa shape index (κ2) is 6.90. The molecule has 2 heterocycles. The molecule has 0 spiro atoms. The second-order valence-electron chi connectivity index (χ2n) is 5.39. The van der Waals surface area contributed by atoms with Gasteiger partial charge in [-0.05, 0) is 25.5 Å². The molecule has 0 amide bonds. The lowest BCUT2D eigenvalue weighted by Gasteiger charge is -2.24.